The van der Waals surface area contributed by atoms with E-state index in [0.29, 0.717) is 22.9 Å². The Morgan fingerprint density at radius 1 is 1.23 bits per heavy atom. The van der Waals surface area contributed by atoms with E-state index in [9.17, 15) is 17.3 Å². The Hall–Kier alpha value is -2.40. The third-order valence-electron chi connectivity index (χ3n) is 2.15. The normalized spacial score (nSPS) is 10.7. The zero-order valence-corrected chi connectivity index (χ0v) is 12.4. The first-order valence-corrected chi connectivity index (χ1v) is 6.02. The Morgan fingerprint density at radius 2 is 1.82 bits per heavy atom. The van der Waals surface area contributed by atoms with Gasteiger partial charge in [0.15, 0.2) is 11.3 Å². The standard InChI is InChI=1S/C10H15N6O.BF4/c1-15(2)10(16(3)4)17-7-5-6-11-9-8(7)12-14-13-9;2-1(3,4)5/h5-6H,1-4H3,(H,11,12,13,14);/q+1;-1. The van der Waals surface area contributed by atoms with Crippen molar-refractivity contribution in [2.45, 2.75) is 0 Å². The molecule has 0 aliphatic heterocycles. The summed E-state index contributed by atoms with van der Waals surface area (Å²) in [5, 5.41) is 10.5. The van der Waals surface area contributed by atoms with Gasteiger partial charge in [-0.25, -0.2) is 14.5 Å². The fourth-order valence-corrected chi connectivity index (χ4v) is 1.50. The molecule has 22 heavy (non-hydrogen) atoms. The summed E-state index contributed by atoms with van der Waals surface area (Å²) in [6, 6.07) is 2.47. The molecule has 2 aromatic heterocycles. The smallest absolute Gasteiger partial charge is 0.418 e. The van der Waals surface area contributed by atoms with E-state index in [4.69, 9.17) is 4.74 Å². The van der Waals surface area contributed by atoms with Gasteiger partial charge in [-0.15, -0.1) is 5.10 Å². The number of amidine groups is 1. The Balaban J connectivity index is 0.000000422. The number of hydrogen-bond donors (Lipinski definition) is 1. The monoisotopic (exact) mass is 322 g/mol. The third-order valence-corrected chi connectivity index (χ3v) is 2.15. The first-order valence-electron chi connectivity index (χ1n) is 6.02. The number of H-pyrrole nitrogens is 1. The van der Waals surface area contributed by atoms with E-state index in [1.165, 1.54) is 0 Å². The SMILES string of the molecule is CN(C)C(Oc1ccnc2n[nH]nc12)=[N+](C)C.F[B-](F)(F)F. The Labute approximate surface area is 123 Å². The fourth-order valence-electron chi connectivity index (χ4n) is 1.50. The van der Waals surface area contributed by atoms with E-state index in [1.54, 1.807) is 12.3 Å². The highest BCUT2D eigenvalue weighted by Gasteiger charge is 2.20. The van der Waals surface area contributed by atoms with Crippen molar-refractivity contribution in [3.05, 3.63) is 12.3 Å². The molecular formula is C10H15BF4N6O. The summed E-state index contributed by atoms with van der Waals surface area (Å²) in [5.74, 6) is 0.626. The summed E-state index contributed by atoms with van der Waals surface area (Å²) >= 11 is 0. The Morgan fingerprint density at radius 3 is 2.32 bits per heavy atom. The van der Waals surface area contributed by atoms with E-state index >= 15 is 0 Å². The van der Waals surface area contributed by atoms with Crippen molar-refractivity contribution in [3.63, 3.8) is 0 Å². The van der Waals surface area contributed by atoms with Crippen LogP contribution in [0.4, 0.5) is 17.3 Å². The summed E-state index contributed by atoms with van der Waals surface area (Å²) in [7, 11) is 1.65. The molecule has 1 N–H and O–H groups in total. The van der Waals surface area contributed by atoms with Crippen molar-refractivity contribution in [2.75, 3.05) is 28.2 Å². The summed E-state index contributed by atoms with van der Waals surface area (Å²) < 4.78 is 46.7. The number of ether oxygens (including phenoxy) is 1. The topological polar surface area (TPSA) is 69.9 Å². The van der Waals surface area contributed by atoms with Gasteiger partial charge in [0.1, 0.15) is 0 Å². The van der Waals surface area contributed by atoms with Crippen molar-refractivity contribution >= 4 is 24.4 Å². The lowest BCUT2D eigenvalue weighted by atomic mass is 10.3. The van der Waals surface area contributed by atoms with E-state index in [2.05, 4.69) is 20.4 Å². The van der Waals surface area contributed by atoms with Crippen molar-refractivity contribution in [1.82, 2.24) is 25.3 Å². The predicted molar refractivity (Wildman–Crippen MR) is 73.3 cm³/mol. The van der Waals surface area contributed by atoms with Crippen LogP contribution in [0.5, 0.6) is 5.75 Å². The van der Waals surface area contributed by atoms with Crippen LogP contribution < -0.4 is 4.74 Å². The molecule has 2 rings (SSSR count). The second-order valence-electron chi connectivity index (χ2n) is 4.47. The highest BCUT2D eigenvalue weighted by molar-refractivity contribution is 6.50. The maximum Gasteiger partial charge on any atom is 0.673 e. The second-order valence-corrected chi connectivity index (χ2v) is 4.47. The number of aromatic amines is 1. The second kappa shape index (κ2) is 7.05. The van der Waals surface area contributed by atoms with Gasteiger partial charge in [0.2, 0.25) is 5.65 Å². The molecule has 0 radical (unpaired) electrons. The number of halogens is 4. The molecule has 0 fully saturated rings. The van der Waals surface area contributed by atoms with E-state index in [0.717, 1.165) is 0 Å². The molecule has 2 heterocycles. The van der Waals surface area contributed by atoms with Crippen molar-refractivity contribution in [1.29, 1.82) is 0 Å². The lowest BCUT2D eigenvalue weighted by Gasteiger charge is -2.11. The van der Waals surface area contributed by atoms with Gasteiger partial charge in [-0.3, -0.25) is 0 Å². The molecular weight excluding hydrogens is 307 g/mol. The van der Waals surface area contributed by atoms with Crippen LogP contribution in [0.1, 0.15) is 0 Å². The van der Waals surface area contributed by atoms with Crippen LogP contribution >= 0.6 is 0 Å². The van der Waals surface area contributed by atoms with Crippen molar-refractivity contribution < 1.29 is 26.6 Å². The molecule has 0 saturated heterocycles. The van der Waals surface area contributed by atoms with Gasteiger partial charge < -0.3 is 22.0 Å². The van der Waals surface area contributed by atoms with Gasteiger partial charge in [0.25, 0.3) is 0 Å². The van der Waals surface area contributed by atoms with Crippen molar-refractivity contribution in [2.24, 2.45) is 0 Å². The highest BCUT2D eigenvalue weighted by Crippen LogP contribution is 2.19. The highest BCUT2D eigenvalue weighted by atomic mass is 19.5. The molecule has 0 spiro atoms. The zero-order valence-electron chi connectivity index (χ0n) is 12.4. The molecule has 12 heteroatoms. The molecule has 0 amide bonds. The minimum absolute atomic E-state index is 0.541. The summed E-state index contributed by atoms with van der Waals surface area (Å²) in [6.07, 6.45) is 1.64. The van der Waals surface area contributed by atoms with Gasteiger partial charge in [0, 0.05) is 12.3 Å². The lowest BCUT2D eigenvalue weighted by Crippen LogP contribution is -2.34. The van der Waals surface area contributed by atoms with Gasteiger partial charge in [-0.1, -0.05) is 0 Å². The van der Waals surface area contributed by atoms with Crippen LogP contribution in [0.2, 0.25) is 0 Å². The minimum Gasteiger partial charge on any atom is -0.418 e. The minimum atomic E-state index is -6.00. The predicted octanol–water partition coefficient (Wildman–Crippen LogP) is 1.22. The maximum absolute atomic E-state index is 9.75. The summed E-state index contributed by atoms with van der Waals surface area (Å²) in [6.45, 7) is 0. The molecule has 2 aromatic rings. The van der Waals surface area contributed by atoms with Crippen molar-refractivity contribution in [3.8, 4) is 5.75 Å². The van der Waals surface area contributed by atoms with Crippen LogP contribution in [-0.4, -0.2) is 71.3 Å². The van der Waals surface area contributed by atoms with Crippen LogP contribution in [0.15, 0.2) is 12.3 Å². The van der Waals surface area contributed by atoms with Gasteiger partial charge in [0.05, 0.1) is 28.2 Å². The summed E-state index contributed by atoms with van der Waals surface area (Å²) in [5.41, 5.74) is 1.16. The largest absolute Gasteiger partial charge is 0.673 e. The molecule has 0 bridgehead atoms. The quantitative estimate of drug-likeness (QED) is 0.281. The molecule has 0 aromatic carbocycles. The van der Waals surface area contributed by atoms with Crippen LogP contribution in [0, 0.1) is 0 Å². The zero-order chi connectivity index (χ0) is 16.9. The summed E-state index contributed by atoms with van der Waals surface area (Å²) in [4.78, 5) is 5.96. The van der Waals surface area contributed by atoms with Crippen LogP contribution in [0.3, 0.4) is 0 Å². The van der Waals surface area contributed by atoms with Crippen LogP contribution in [-0.2, 0) is 0 Å². The first kappa shape index (κ1) is 17.7. The molecule has 0 saturated carbocycles. The number of fused-ring (bicyclic) bond motifs is 1. The number of aromatic nitrogens is 4. The van der Waals surface area contributed by atoms with Gasteiger partial charge >= 0.3 is 13.3 Å². The van der Waals surface area contributed by atoms with E-state index < -0.39 is 7.25 Å². The Kier molecular flexibility index (Phi) is 5.66. The molecule has 0 aliphatic carbocycles. The number of hydrogen-bond acceptors (Lipinski definition) is 4. The maximum atomic E-state index is 9.75. The van der Waals surface area contributed by atoms with E-state index in [1.807, 2.05) is 37.7 Å². The van der Waals surface area contributed by atoms with Crippen LogP contribution in [0.25, 0.3) is 11.2 Å². The molecule has 0 atom stereocenters. The van der Waals surface area contributed by atoms with Gasteiger partial charge in [-0.2, -0.15) is 10.3 Å². The average molecular weight is 322 g/mol. The molecule has 0 aliphatic rings. The average Bonchev–Trinajstić information content (AvgIpc) is 2.81. The third kappa shape index (κ3) is 5.54. The number of nitrogens with zero attached hydrogens (tertiary/aromatic N) is 5. The number of pyridine rings is 1. The fraction of sp³-hybridized carbons (Fsp3) is 0.400. The lowest BCUT2D eigenvalue weighted by molar-refractivity contribution is -0.478. The van der Waals surface area contributed by atoms with E-state index in [-0.39, 0.29) is 0 Å². The number of nitrogens with one attached hydrogen (secondary N) is 1. The Bertz CT molecular complexity index is 646. The first-order chi connectivity index (χ1) is 10.1. The van der Waals surface area contributed by atoms with Gasteiger partial charge in [-0.05, 0) is 0 Å². The number of rotatable bonds is 1. The molecule has 7 nitrogen and oxygen atoms in total. The molecule has 122 valence electrons. The molecule has 0 unspecified atom stereocenters.